The van der Waals surface area contributed by atoms with Crippen molar-refractivity contribution < 1.29 is 23.2 Å². The Morgan fingerprint density at radius 3 is 2.39 bits per heavy atom. The number of nitrogens with zero attached hydrogens (tertiary/aromatic N) is 2. The van der Waals surface area contributed by atoms with Crippen molar-refractivity contribution >= 4 is 11.8 Å². The Labute approximate surface area is 178 Å². The minimum absolute atomic E-state index is 0.00162. The van der Waals surface area contributed by atoms with Gasteiger partial charge in [-0.25, -0.2) is 4.39 Å². The zero-order valence-corrected chi connectivity index (χ0v) is 17.0. The molecule has 0 radical (unpaired) electrons. The van der Waals surface area contributed by atoms with E-state index in [4.69, 9.17) is 15.0 Å². The summed E-state index contributed by atoms with van der Waals surface area (Å²) < 4.78 is 23.9. The maximum absolute atomic E-state index is 13.1. The van der Waals surface area contributed by atoms with E-state index in [1.807, 2.05) is 0 Å². The smallest absolute Gasteiger partial charge is 0.248 e. The summed E-state index contributed by atoms with van der Waals surface area (Å²) >= 11 is 0. The normalized spacial score (nSPS) is 18.2. The lowest BCUT2D eigenvalue weighted by Crippen LogP contribution is -2.53. The van der Waals surface area contributed by atoms with Gasteiger partial charge >= 0.3 is 0 Å². The predicted molar refractivity (Wildman–Crippen MR) is 110 cm³/mol. The molecular weight excluding hydrogens is 401 g/mol. The summed E-state index contributed by atoms with van der Waals surface area (Å²) in [6.07, 6.45) is 1.08. The molecule has 1 aliphatic heterocycles. The van der Waals surface area contributed by atoms with E-state index >= 15 is 0 Å². The second-order valence-electron chi connectivity index (χ2n) is 7.57. The molecule has 2 heterocycles. The van der Waals surface area contributed by atoms with Gasteiger partial charge in [0.2, 0.25) is 11.8 Å². The molecule has 4 rings (SSSR count). The SMILES string of the molecule is Cc1cc(CC(=O)N2CCCC2(C(N)=O)c2ccc(Oc3ccc(F)cc3)cc2)on1. The number of amides is 2. The van der Waals surface area contributed by atoms with Crippen LogP contribution in [0, 0.1) is 12.7 Å². The maximum atomic E-state index is 13.1. The lowest BCUT2D eigenvalue weighted by Gasteiger charge is -2.36. The number of aryl methyl sites for hydroxylation is 1. The number of rotatable bonds is 6. The third-order valence-electron chi connectivity index (χ3n) is 5.47. The summed E-state index contributed by atoms with van der Waals surface area (Å²) in [4.78, 5) is 27.2. The molecular formula is C23H22FN3O4. The summed E-state index contributed by atoms with van der Waals surface area (Å²) in [6.45, 7) is 2.19. The van der Waals surface area contributed by atoms with Gasteiger partial charge in [-0.15, -0.1) is 0 Å². The van der Waals surface area contributed by atoms with Crippen LogP contribution in [0.15, 0.2) is 59.1 Å². The fraction of sp³-hybridized carbons (Fsp3) is 0.261. The Bertz CT molecular complexity index is 1090. The van der Waals surface area contributed by atoms with Crippen molar-refractivity contribution in [2.24, 2.45) is 5.73 Å². The van der Waals surface area contributed by atoms with E-state index in [-0.39, 0.29) is 18.1 Å². The van der Waals surface area contributed by atoms with Crippen molar-refractivity contribution in [1.82, 2.24) is 10.1 Å². The fourth-order valence-corrected chi connectivity index (χ4v) is 4.04. The third-order valence-corrected chi connectivity index (χ3v) is 5.47. The second kappa shape index (κ2) is 8.22. The highest BCUT2D eigenvalue weighted by Gasteiger charge is 2.49. The molecule has 2 amide bonds. The topological polar surface area (TPSA) is 98.7 Å². The van der Waals surface area contributed by atoms with Crippen molar-refractivity contribution in [1.29, 1.82) is 0 Å². The molecule has 0 saturated carbocycles. The minimum Gasteiger partial charge on any atom is -0.457 e. The molecule has 0 bridgehead atoms. The van der Waals surface area contributed by atoms with Crippen molar-refractivity contribution in [2.75, 3.05) is 6.54 Å². The lowest BCUT2D eigenvalue weighted by atomic mass is 9.86. The zero-order chi connectivity index (χ0) is 22.0. The monoisotopic (exact) mass is 423 g/mol. The zero-order valence-electron chi connectivity index (χ0n) is 17.0. The molecule has 1 saturated heterocycles. The first-order chi connectivity index (χ1) is 14.9. The molecule has 2 N–H and O–H groups in total. The molecule has 1 atom stereocenters. The highest BCUT2D eigenvalue weighted by atomic mass is 19.1. The number of primary amides is 1. The number of halogens is 1. The van der Waals surface area contributed by atoms with Gasteiger partial charge in [0.1, 0.15) is 28.6 Å². The van der Waals surface area contributed by atoms with Crippen LogP contribution in [-0.2, 0) is 21.5 Å². The highest BCUT2D eigenvalue weighted by Crippen LogP contribution is 2.40. The van der Waals surface area contributed by atoms with Crippen LogP contribution in [-0.4, -0.2) is 28.4 Å². The Balaban J connectivity index is 1.58. The molecule has 1 unspecified atom stereocenters. The van der Waals surface area contributed by atoms with Crippen LogP contribution in [0.4, 0.5) is 4.39 Å². The minimum atomic E-state index is -1.24. The summed E-state index contributed by atoms with van der Waals surface area (Å²) in [5, 5.41) is 3.80. The van der Waals surface area contributed by atoms with Gasteiger partial charge in [-0.1, -0.05) is 17.3 Å². The average Bonchev–Trinajstić information content (AvgIpc) is 3.37. The van der Waals surface area contributed by atoms with Crippen LogP contribution < -0.4 is 10.5 Å². The van der Waals surface area contributed by atoms with Crippen molar-refractivity contribution in [3.8, 4) is 11.5 Å². The van der Waals surface area contributed by atoms with Crippen LogP contribution in [0.1, 0.15) is 29.9 Å². The maximum Gasteiger partial charge on any atom is 0.248 e. The number of ether oxygens (including phenoxy) is 1. The first-order valence-corrected chi connectivity index (χ1v) is 9.95. The molecule has 0 spiro atoms. The lowest BCUT2D eigenvalue weighted by molar-refractivity contribution is -0.144. The van der Waals surface area contributed by atoms with Crippen LogP contribution in [0.25, 0.3) is 0 Å². The molecule has 8 heteroatoms. The van der Waals surface area contributed by atoms with Gasteiger partial charge in [0.25, 0.3) is 0 Å². The second-order valence-corrected chi connectivity index (χ2v) is 7.57. The average molecular weight is 423 g/mol. The Hall–Kier alpha value is -3.68. The van der Waals surface area contributed by atoms with Crippen LogP contribution in [0.5, 0.6) is 11.5 Å². The van der Waals surface area contributed by atoms with E-state index in [0.29, 0.717) is 47.9 Å². The molecule has 1 aliphatic rings. The van der Waals surface area contributed by atoms with Gasteiger partial charge in [-0.2, -0.15) is 0 Å². The number of likely N-dealkylation sites (tertiary alicyclic amines) is 1. The molecule has 2 aromatic carbocycles. The van der Waals surface area contributed by atoms with E-state index in [1.165, 1.54) is 29.2 Å². The quantitative estimate of drug-likeness (QED) is 0.655. The van der Waals surface area contributed by atoms with Gasteiger partial charge in [-0.05, 0) is 61.7 Å². The van der Waals surface area contributed by atoms with Gasteiger partial charge in [-0.3, -0.25) is 9.59 Å². The van der Waals surface area contributed by atoms with Gasteiger partial charge in [0.05, 0.1) is 12.1 Å². The number of nitrogens with two attached hydrogens (primary N) is 1. The number of carbonyl (C=O) groups is 2. The van der Waals surface area contributed by atoms with E-state index < -0.39 is 11.4 Å². The molecule has 31 heavy (non-hydrogen) atoms. The molecule has 1 fully saturated rings. The van der Waals surface area contributed by atoms with Crippen LogP contribution in [0.2, 0.25) is 0 Å². The first kappa shape index (κ1) is 20.6. The molecule has 160 valence electrons. The van der Waals surface area contributed by atoms with Crippen LogP contribution in [0.3, 0.4) is 0 Å². The number of carbonyl (C=O) groups excluding carboxylic acids is 2. The Morgan fingerprint density at radius 2 is 1.81 bits per heavy atom. The molecule has 1 aromatic heterocycles. The molecule has 3 aromatic rings. The summed E-state index contributed by atoms with van der Waals surface area (Å²) in [5.41, 5.74) is 5.89. The Morgan fingerprint density at radius 1 is 1.16 bits per heavy atom. The van der Waals surface area contributed by atoms with Gasteiger partial charge < -0.3 is 19.9 Å². The first-order valence-electron chi connectivity index (χ1n) is 9.95. The highest BCUT2D eigenvalue weighted by molar-refractivity contribution is 5.92. The standard InChI is InChI=1S/C23H22FN3O4/c1-15-13-20(31-26-15)14-21(28)27-12-2-11-23(27,22(25)29)16-3-7-18(8-4-16)30-19-9-5-17(24)6-10-19/h3-10,13H,2,11-12,14H2,1H3,(H2,25,29). The Kier molecular flexibility index (Phi) is 5.46. The fourth-order valence-electron chi connectivity index (χ4n) is 4.04. The number of hydrogen-bond acceptors (Lipinski definition) is 5. The van der Waals surface area contributed by atoms with Gasteiger partial charge in [0.15, 0.2) is 0 Å². The molecule has 0 aliphatic carbocycles. The predicted octanol–water partition coefficient (Wildman–Crippen LogP) is 3.46. The van der Waals surface area contributed by atoms with E-state index in [2.05, 4.69) is 5.16 Å². The van der Waals surface area contributed by atoms with Crippen molar-refractivity contribution in [3.05, 3.63) is 77.4 Å². The van der Waals surface area contributed by atoms with Crippen LogP contribution >= 0.6 is 0 Å². The van der Waals surface area contributed by atoms with E-state index in [9.17, 15) is 14.0 Å². The van der Waals surface area contributed by atoms with Gasteiger partial charge in [0, 0.05) is 12.6 Å². The van der Waals surface area contributed by atoms with Crippen molar-refractivity contribution in [2.45, 2.75) is 31.7 Å². The number of hydrogen-bond donors (Lipinski definition) is 1. The summed E-state index contributed by atoms with van der Waals surface area (Å²) in [6, 6.07) is 14.2. The largest absolute Gasteiger partial charge is 0.457 e. The third kappa shape index (κ3) is 4.01. The van der Waals surface area contributed by atoms with E-state index in [0.717, 1.165) is 0 Å². The molecule has 7 nitrogen and oxygen atoms in total. The summed E-state index contributed by atoms with van der Waals surface area (Å²) in [5.74, 6) is 0.258. The van der Waals surface area contributed by atoms with Crippen molar-refractivity contribution in [3.63, 3.8) is 0 Å². The van der Waals surface area contributed by atoms with E-state index in [1.54, 1.807) is 37.3 Å². The summed E-state index contributed by atoms with van der Waals surface area (Å²) in [7, 11) is 0. The number of benzene rings is 2. The number of aromatic nitrogens is 1.